The minimum absolute atomic E-state index is 0. The van der Waals surface area contributed by atoms with Crippen molar-refractivity contribution in [3.05, 3.63) is 11.8 Å². The van der Waals surface area contributed by atoms with E-state index in [2.05, 4.69) is 18.3 Å². The molecule has 1 N–H and O–H groups in total. The van der Waals surface area contributed by atoms with E-state index in [0.29, 0.717) is 0 Å². The number of hydrogen-bond donors (Lipinski definition) is 1. The minimum Gasteiger partial charge on any atom is -0.389 e. The third kappa shape index (κ3) is 2.45. The third-order valence-electron chi connectivity index (χ3n) is 0.999. The molecule has 0 saturated carbocycles. The molecule has 37 valence electrons. The molecule has 1 nitrogen and oxygen atoms in total. The summed E-state index contributed by atoms with van der Waals surface area (Å²) in [6, 6.07) is 0. The maximum absolute atomic E-state index is 3.18. The molecule has 0 spiro atoms. The Kier molecular flexibility index (Phi) is 3.96. The zero-order valence-corrected chi connectivity index (χ0v) is 7.41. The summed E-state index contributed by atoms with van der Waals surface area (Å²) in [7, 11) is 0. The van der Waals surface area contributed by atoms with Gasteiger partial charge in [-0.05, 0) is 13.3 Å². The van der Waals surface area contributed by atoms with Gasteiger partial charge in [0.25, 0.3) is 0 Å². The first-order chi connectivity index (χ1) is 2.89. The van der Waals surface area contributed by atoms with Gasteiger partial charge in [-0.3, -0.25) is 0 Å². The van der Waals surface area contributed by atoms with E-state index in [-0.39, 0.29) is 32.7 Å². The van der Waals surface area contributed by atoms with E-state index in [1.165, 1.54) is 12.1 Å². The van der Waals surface area contributed by atoms with Crippen molar-refractivity contribution in [2.24, 2.45) is 0 Å². The van der Waals surface area contributed by atoms with Gasteiger partial charge in [-0.25, -0.2) is 0 Å². The Balaban J connectivity index is 0.000000360. The van der Waals surface area contributed by atoms with Gasteiger partial charge in [-0.1, -0.05) is 6.08 Å². The second-order valence-corrected chi connectivity index (χ2v) is 1.60. The molecule has 0 unspecified atom stereocenters. The van der Waals surface area contributed by atoms with E-state index < -0.39 is 0 Å². The van der Waals surface area contributed by atoms with Gasteiger partial charge in [-0.15, -0.1) is 0 Å². The topological polar surface area (TPSA) is 12.0 Å². The van der Waals surface area contributed by atoms with E-state index in [9.17, 15) is 0 Å². The van der Waals surface area contributed by atoms with Crippen molar-refractivity contribution in [3.63, 3.8) is 0 Å². The van der Waals surface area contributed by atoms with Crippen molar-refractivity contribution in [3.8, 4) is 0 Å². The van der Waals surface area contributed by atoms with Gasteiger partial charge in [-0.2, -0.15) is 0 Å². The van der Waals surface area contributed by atoms with E-state index in [0.717, 1.165) is 6.54 Å². The van der Waals surface area contributed by atoms with Gasteiger partial charge in [0, 0.05) is 45.0 Å². The third-order valence-corrected chi connectivity index (χ3v) is 0.999. The molecule has 0 aromatic heterocycles. The number of nitrogens with one attached hydrogen (secondary N) is 1. The molecular formula is C5H9NY. The standard InChI is InChI=1S/C5H9N.Y/c1-5-3-2-4-6-5;/h3,6H,2,4H2,1H3;. The maximum Gasteiger partial charge on any atom is 0.0179 e. The van der Waals surface area contributed by atoms with Crippen LogP contribution in [0, 0.1) is 0 Å². The Morgan fingerprint density at radius 2 is 2.43 bits per heavy atom. The molecule has 1 heterocycles. The molecule has 0 saturated heterocycles. The van der Waals surface area contributed by atoms with Crippen LogP contribution in [0.3, 0.4) is 0 Å². The van der Waals surface area contributed by atoms with Crippen LogP contribution in [0.2, 0.25) is 0 Å². The molecule has 1 rings (SSSR count). The van der Waals surface area contributed by atoms with Crippen LogP contribution in [-0.2, 0) is 32.7 Å². The van der Waals surface area contributed by atoms with Gasteiger partial charge < -0.3 is 5.32 Å². The van der Waals surface area contributed by atoms with E-state index >= 15 is 0 Å². The average Bonchev–Trinajstić information content (AvgIpc) is 1.86. The first-order valence-electron chi connectivity index (χ1n) is 2.30. The smallest absolute Gasteiger partial charge is 0.0179 e. The SMILES string of the molecule is CC1=CCCN1.[Y]. The Hall–Kier alpha value is 0.644. The zero-order chi connectivity index (χ0) is 4.41. The van der Waals surface area contributed by atoms with Crippen molar-refractivity contribution in [1.82, 2.24) is 5.32 Å². The molecule has 1 radical (unpaired) electrons. The normalized spacial score (nSPS) is 17.0. The summed E-state index contributed by atoms with van der Waals surface area (Å²) in [6.45, 7) is 3.23. The van der Waals surface area contributed by atoms with Gasteiger partial charge in [0.2, 0.25) is 0 Å². The molecule has 0 atom stereocenters. The molecule has 0 amide bonds. The summed E-state index contributed by atoms with van der Waals surface area (Å²) in [5.74, 6) is 0. The summed E-state index contributed by atoms with van der Waals surface area (Å²) < 4.78 is 0. The molecule has 0 fully saturated rings. The quantitative estimate of drug-likeness (QED) is 0.571. The van der Waals surface area contributed by atoms with E-state index in [4.69, 9.17) is 0 Å². The Morgan fingerprint density at radius 1 is 1.71 bits per heavy atom. The second kappa shape index (κ2) is 3.62. The summed E-state index contributed by atoms with van der Waals surface area (Å²) in [6.07, 6.45) is 3.42. The van der Waals surface area contributed by atoms with Crippen molar-refractivity contribution >= 4 is 0 Å². The number of allylic oxidation sites excluding steroid dienone is 1. The van der Waals surface area contributed by atoms with Crippen LogP contribution in [0.15, 0.2) is 11.8 Å². The van der Waals surface area contributed by atoms with Gasteiger partial charge in [0.05, 0.1) is 0 Å². The summed E-state index contributed by atoms with van der Waals surface area (Å²) in [4.78, 5) is 0. The average molecular weight is 172 g/mol. The first-order valence-corrected chi connectivity index (χ1v) is 2.30. The molecule has 1 aliphatic heterocycles. The predicted molar refractivity (Wildman–Crippen MR) is 26.4 cm³/mol. The molecule has 0 aromatic rings. The molecule has 0 bridgehead atoms. The summed E-state index contributed by atoms with van der Waals surface area (Å²) in [5.41, 5.74) is 1.33. The van der Waals surface area contributed by atoms with E-state index in [1.54, 1.807) is 0 Å². The molecule has 0 aliphatic carbocycles. The van der Waals surface area contributed by atoms with Crippen LogP contribution in [0.4, 0.5) is 0 Å². The van der Waals surface area contributed by atoms with Gasteiger partial charge in [0.1, 0.15) is 0 Å². The molecule has 1 aliphatic rings. The predicted octanol–water partition coefficient (Wildman–Crippen LogP) is 0.881. The molecular weight excluding hydrogens is 163 g/mol. The maximum atomic E-state index is 3.18. The van der Waals surface area contributed by atoms with Gasteiger partial charge >= 0.3 is 0 Å². The molecule has 7 heavy (non-hydrogen) atoms. The summed E-state index contributed by atoms with van der Waals surface area (Å²) in [5, 5.41) is 3.18. The summed E-state index contributed by atoms with van der Waals surface area (Å²) >= 11 is 0. The fraction of sp³-hybridized carbons (Fsp3) is 0.600. The van der Waals surface area contributed by atoms with Crippen molar-refractivity contribution in [2.75, 3.05) is 6.54 Å². The second-order valence-electron chi connectivity index (χ2n) is 1.60. The first kappa shape index (κ1) is 7.64. The van der Waals surface area contributed by atoms with Crippen LogP contribution in [0.5, 0.6) is 0 Å². The van der Waals surface area contributed by atoms with Crippen LogP contribution in [0.1, 0.15) is 13.3 Å². The van der Waals surface area contributed by atoms with Crippen molar-refractivity contribution in [2.45, 2.75) is 13.3 Å². The fourth-order valence-corrected chi connectivity index (χ4v) is 0.630. The van der Waals surface area contributed by atoms with Crippen LogP contribution >= 0.6 is 0 Å². The molecule has 2 heteroatoms. The van der Waals surface area contributed by atoms with Gasteiger partial charge in [0.15, 0.2) is 0 Å². The largest absolute Gasteiger partial charge is 0.389 e. The van der Waals surface area contributed by atoms with Crippen molar-refractivity contribution < 1.29 is 32.7 Å². The minimum atomic E-state index is 0. The number of hydrogen-bond acceptors (Lipinski definition) is 1. The zero-order valence-electron chi connectivity index (χ0n) is 4.57. The number of rotatable bonds is 0. The Labute approximate surface area is 69.4 Å². The Bertz CT molecular complexity index is 78.1. The monoisotopic (exact) mass is 172 g/mol. The Morgan fingerprint density at radius 3 is 2.57 bits per heavy atom. The fourth-order valence-electron chi connectivity index (χ4n) is 0.630. The molecule has 0 aromatic carbocycles. The van der Waals surface area contributed by atoms with E-state index in [1.807, 2.05) is 0 Å². The van der Waals surface area contributed by atoms with Crippen LogP contribution in [-0.4, -0.2) is 6.54 Å². The van der Waals surface area contributed by atoms with Crippen LogP contribution < -0.4 is 5.32 Å². The van der Waals surface area contributed by atoms with Crippen molar-refractivity contribution in [1.29, 1.82) is 0 Å². The van der Waals surface area contributed by atoms with Crippen LogP contribution in [0.25, 0.3) is 0 Å².